The predicted octanol–water partition coefficient (Wildman–Crippen LogP) is 4.60. The molecular formula is C28H42N2O8S2. The van der Waals surface area contributed by atoms with E-state index in [0.717, 1.165) is 0 Å². The van der Waals surface area contributed by atoms with Crippen LogP contribution in [0.2, 0.25) is 0 Å². The summed E-state index contributed by atoms with van der Waals surface area (Å²) in [6, 6.07) is 2.35. The summed E-state index contributed by atoms with van der Waals surface area (Å²) in [6.45, 7) is 11.3. The number of hydrogen-bond acceptors (Lipinski definition) is 8. The third kappa shape index (κ3) is 5.77. The van der Waals surface area contributed by atoms with E-state index in [1.54, 1.807) is 14.2 Å². The monoisotopic (exact) mass is 598 g/mol. The molecule has 4 atom stereocenters. The van der Waals surface area contributed by atoms with E-state index in [4.69, 9.17) is 28.4 Å². The lowest BCUT2D eigenvalue weighted by Crippen LogP contribution is -2.45. The smallest absolute Gasteiger partial charge is 0.203 e. The van der Waals surface area contributed by atoms with Crippen LogP contribution in [0.5, 0.6) is 34.5 Å². The van der Waals surface area contributed by atoms with E-state index in [2.05, 4.69) is 9.44 Å². The Bertz CT molecular complexity index is 1200. The second-order valence-electron chi connectivity index (χ2n) is 11.2. The van der Waals surface area contributed by atoms with Crippen molar-refractivity contribution in [3.8, 4) is 45.6 Å². The molecule has 2 aromatic rings. The van der Waals surface area contributed by atoms with Crippen LogP contribution in [0.25, 0.3) is 11.1 Å². The minimum Gasteiger partial charge on any atom is -0.493 e. The molecule has 0 fully saturated rings. The maximum absolute atomic E-state index is 13.6. The Morgan fingerprint density at radius 3 is 1.07 bits per heavy atom. The first kappa shape index (κ1) is 32.0. The van der Waals surface area contributed by atoms with Gasteiger partial charge in [0, 0.05) is 11.1 Å². The van der Waals surface area contributed by atoms with Gasteiger partial charge in [-0.25, -0.2) is 17.9 Å². The van der Waals surface area contributed by atoms with E-state index in [9.17, 15) is 8.42 Å². The molecule has 4 unspecified atom stereocenters. The van der Waals surface area contributed by atoms with Crippen LogP contribution in [-0.2, 0) is 22.0 Å². The molecule has 10 nitrogen and oxygen atoms in total. The molecule has 3 rings (SSSR count). The highest BCUT2D eigenvalue weighted by Gasteiger charge is 2.44. The molecule has 0 amide bonds. The molecule has 40 heavy (non-hydrogen) atoms. The Kier molecular flexibility index (Phi) is 9.70. The predicted molar refractivity (Wildman–Crippen MR) is 159 cm³/mol. The molecular weight excluding hydrogens is 556 g/mol. The van der Waals surface area contributed by atoms with E-state index in [1.165, 1.54) is 28.4 Å². The third-order valence-electron chi connectivity index (χ3n) is 6.55. The standard InChI is InChI=1S/C28H42N2O8S2/c1-27(2,3)39(31)29-21-15-13-17(33-7)23(35-9)25(37-11)19(15)20-16(22(21)30-40(32)28(4,5)6)14-18(34-8)24(36-10)26(20)38-12/h13-14,21-22,29-30H,1-12H3. The summed E-state index contributed by atoms with van der Waals surface area (Å²) in [5.74, 6) is 2.40. The zero-order chi connectivity index (χ0) is 30.2. The van der Waals surface area contributed by atoms with Gasteiger partial charge >= 0.3 is 0 Å². The fourth-order valence-electron chi connectivity index (χ4n) is 4.56. The minimum atomic E-state index is -1.51. The van der Waals surface area contributed by atoms with E-state index in [-0.39, 0.29) is 0 Å². The number of ether oxygens (including phenoxy) is 6. The molecule has 0 aromatic heterocycles. The molecule has 0 bridgehead atoms. The zero-order valence-corrected chi connectivity index (χ0v) is 27.0. The van der Waals surface area contributed by atoms with Gasteiger partial charge in [0.05, 0.1) is 86.2 Å². The fourth-order valence-corrected chi connectivity index (χ4v) is 6.26. The van der Waals surface area contributed by atoms with Gasteiger partial charge in [-0.1, -0.05) is 0 Å². The van der Waals surface area contributed by atoms with E-state index >= 15 is 0 Å². The van der Waals surface area contributed by atoms with Crippen molar-refractivity contribution in [3.63, 3.8) is 0 Å². The van der Waals surface area contributed by atoms with Crippen molar-refractivity contribution < 1.29 is 36.8 Å². The van der Waals surface area contributed by atoms with E-state index in [1.807, 2.05) is 53.7 Å². The van der Waals surface area contributed by atoms with Crippen LogP contribution in [-0.4, -0.2) is 60.6 Å². The summed E-state index contributed by atoms with van der Waals surface area (Å²) >= 11 is 0. The average Bonchev–Trinajstić information content (AvgIpc) is 2.90. The van der Waals surface area contributed by atoms with Gasteiger partial charge in [0.1, 0.15) is 0 Å². The maximum Gasteiger partial charge on any atom is 0.203 e. The van der Waals surface area contributed by atoms with Crippen molar-refractivity contribution in [3.05, 3.63) is 23.3 Å². The van der Waals surface area contributed by atoms with E-state index < -0.39 is 43.5 Å². The van der Waals surface area contributed by atoms with E-state index in [0.29, 0.717) is 56.8 Å². The Balaban J connectivity index is 2.56. The summed E-state index contributed by atoms with van der Waals surface area (Å²) in [5, 5.41) is 0. The topological polar surface area (TPSA) is 114 Å². The van der Waals surface area contributed by atoms with Crippen molar-refractivity contribution in [2.45, 2.75) is 63.1 Å². The van der Waals surface area contributed by atoms with Gasteiger partial charge in [-0.3, -0.25) is 0 Å². The molecule has 224 valence electrons. The summed E-state index contributed by atoms with van der Waals surface area (Å²) in [7, 11) is 6.20. The van der Waals surface area contributed by atoms with Crippen LogP contribution < -0.4 is 37.9 Å². The molecule has 12 heteroatoms. The van der Waals surface area contributed by atoms with Crippen LogP contribution in [0.1, 0.15) is 64.8 Å². The highest BCUT2D eigenvalue weighted by molar-refractivity contribution is 7.84. The molecule has 0 saturated carbocycles. The van der Waals surface area contributed by atoms with Gasteiger partial charge in [-0.15, -0.1) is 0 Å². The molecule has 0 saturated heterocycles. The summed E-state index contributed by atoms with van der Waals surface area (Å²) in [4.78, 5) is 0. The van der Waals surface area contributed by atoms with Crippen molar-refractivity contribution in [1.29, 1.82) is 0 Å². The van der Waals surface area contributed by atoms with Gasteiger partial charge in [0.2, 0.25) is 11.5 Å². The van der Waals surface area contributed by atoms with Crippen LogP contribution in [0.3, 0.4) is 0 Å². The lowest BCUT2D eigenvalue weighted by Gasteiger charge is -2.40. The van der Waals surface area contributed by atoms with Crippen LogP contribution >= 0.6 is 0 Å². The van der Waals surface area contributed by atoms with Gasteiger partial charge < -0.3 is 28.4 Å². The lowest BCUT2D eigenvalue weighted by atomic mass is 9.78. The lowest BCUT2D eigenvalue weighted by molar-refractivity contribution is 0.318. The van der Waals surface area contributed by atoms with Crippen molar-refractivity contribution in [2.75, 3.05) is 42.7 Å². The number of benzene rings is 2. The largest absolute Gasteiger partial charge is 0.493 e. The third-order valence-corrected chi connectivity index (χ3v) is 9.72. The molecule has 0 spiro atoms. The molecule has 1 aliphatic carbocycles. The summed E-state index contributed by atoms with van der Waals surface area (Å²) < 4.78 is 67.4. The Labute approximate surface area is 242 Å². The second-order valence-corrected chi connectivity index (χ2v) is 15.2. The number of methoxy groups -OCH3 is 6. The molecule has 2 N–H and O–H groups in total. The number of fused-ring (bicyclic) bond motifs is 3. The van der Waals surface area contributed by atoms with Gasteiger partial charge in [0.25, 0.3) is 0 Å². The second kappa shape index (κ2) is 12.1. The molecule has 0 heterocycles. The summed E-state index contributed by atoms with van der Waals surface area (Å²) in [5.41, 5.74) is 2.65. The first-order valence-corrected chi connectivity index (χ1v) is 15.0. The quantitative estimate of drug-likeness (QED) is 0.408. The van der Waals surface area contributed by atoms with Crippen LogP contribution in [0.4, 0.5) is 0 Å². The average molecular weight is 599 g/mol. The van der Waals surface area contributed by atoms with Crippen molar-refractivity contribution in [2.24, 2.45) is 0 Å². The first-order valence-electron chi connectivity index (χ1n) is 12.7. The number of nitrogens with one attached hydrogen (secondary N) is 2. The maximum atomic E-state index is 13.6. The first-order chi connectivity index (χ1) is 18.7. The van der Waals surface area contributed by atoms with Gasteiger partial charge in [-0.2, -0.15) is 0 Å². The Morgan fingerprint density at radius 2 is 0.850 bits per heavy atom. The fraction of sp³-hybridized carbons (Fsp3) is 0.571. The van der Waals surface area contributed by atoms with Crippen molar-refractivity contribution >= 4 is 22.0 Å². The normalized spacial score (nSPS) is 18.2. The van der Waals surface area contributed by atoms with Gasteiger partial charge in [0.15, 0.2) is 23.0 Å². The highest BCUT2D eigenvalue weighted by atomic mass is 32.2. The Hall–Kier alpha value is -2.54. The Morgan fingerprint density at radius 1 is 0.550 bits per heavy atom. The van der Waals surface area contributed by atoms with Crippen molar-refractivity contribution in [1.82, 2.24) is 9.44 Å². The summed E-state index contributed by atoms with van der Waals surface area (Å²) in [6.07, 6.45) is 0. The number of hydrogen-bond donors (Lipinski definition) is 2. The molecule has 0 radical (unpaired) electrons. The number of rotatable bonds is 10. The highest BCUT2D eigenvalue weighted by Crippen LogP contribution is 2.60. The van der Waals surface area contributed by atoms with Gasteiger partial charge in [-0.05, 0) is 64.8 Å². The zero-order valence-electron chi connectivity index (χ0n) is 25.4. The molecule has 0 aliphatic heterocycles. The molecule has 2 aromatic carbocycles. The SMILES string of the molecule is COc1cc2c(c(OC)c1OC)-c1c(cc(OC)c(OC)c1OC)C(NS(=O)C(C)(C)C)C2NS(=O)C(C)(C)C. The van der Waals surface area contributed by atoms with Crippen LogP contribution in [0.15, 0.2) is 12.1 Å². The minimum absolute atomic E-state index is 0.381. The van der Waals surface area contributed by atoms with Crippen LogP contribution in [0, 0.1) is 0 Å². The molecule has 1 aliphatic rings.